The summed E-state index contributed by atoms with van der Waals surface area (Å²) in [5, 5.41) is 9.20. The molecule has 2 aromatic carbocycles. The van der Waals surface area contributed by atoms with E-state index in [-0.39, 0.29) is 23.9 Å². The van der Waals surface area contributed by atoms with Crippen LogP contribution in [0.4, 0.5) is 10.1 Å². The van der Waals surface area contributed by atoms with Gasteiger partial charge in [0.15, 0.2) is 5.76 Å². The van der Waals surface area contributed by atoms with Gasteiger partial charge in [0.25, 0.3) is 5.22 Å². The van der Waals surface area contributed by atoms with Gasteiger partial charge in [-0.15, -0.1) is 0 Å². The molecular formula is C20H16FN3O2S. The Morgan fingerprint density at radius 1 is 1.19 bits per heavy atom. The highest BCUT2D eigenvalue weighted by Gasteiger charge is 2.17. The number of para-hydroxylation sites is 1. The van der Waals surface area contributed by atoms with Crippen molar-refractivity contribution in [3.8, 4) is 17.4 Å². The fourth-order valence-electron chi connectivity index (χ4n) is 2.44. The van der Waals surface area contributed by atoms with Crippen molar-refractivity contribution >= 4 is 23.4 Å². The fourth-order valence-corrected chi connectivity index (χ4v) is 3.12. The van der Waals surface area contributed by atoms with Gasteiger partial charge < -0.3 is 9.32 Å². The first-order valence-electron chi connectivity index (χ1n) is 8.24. The second-order valence-corrected chi connectivity index (χ2v) is 6.50. The third kappa shape index (κ3) is 4.96. The van der Waals surface area contributed by atoms with Crippen molar-refractivity contribution in [2.24, 2.45) is 0 Å². The van der Waals surface area contributed by atoms with E-state index in [1.54, 1.807) is 23.2 Å². The van der Waals surface area contributed by atoms with Crippen molar-refractivity contribution in [1.82, 2.24) is 4.98 Å². The van der Waals surface area contributed by atoms with E-state index in [9.17, 15) is 9.18 Å². The molecule has 0 aliphatic rings. The summed E-state index contributed by atoms with van der Waals surface area (Å²) in [6.45, 7) is 0.326. The summed E-state index contributed by atoms with van der Waals surface area (Å²) in [5.74, 6) is 0.179. The monoisotopic (exact) mass is 381 g/mol. The van der Waals surface area contributed by atoms with Crippen LogP contribution >= 0.6 is 11.8 Å². The minimum Gasteiger partial charge on any atom is -0.431 e. The van der Waals surface area contributed by atoms with Gasteiger partial charge in [0.1, 0.15) is 5.82 Å². The number of hydrogen-bond donors (Lipinski definition) is 0. The molecule has 1 heterocycles. The first-order valence-corrected chi connectivity index (χ1v) is 9.23. The van der Waals surface area contributed by atoms with Crippen LogP contribution in [0.25, 0.3) is 11.3 Å². The number of amides is 1. The zero-order valence-electron chi connectivity index (χ0n) is 14.3. The first kappa shape index (κ1) is 18.7. The number of thioether (sulfide) groups is 1. The number of benzene rings is 2. The van der Waals surface area contributed by atoms with E-state index in [4.69, 9.17) is 9.68 Å². The Hall–Kier alpha value is -3.11. The largest absolute Gasteiger partial charge is 0.431 e. The van der Waals surface area contributed by atoms with Gasteiger partial charge in [0.05, 0.1) is 24.4 Å². The molecule has 0 bridgehead atoms. The van der Waals surface area contributed by atoms with Gasteiger partial charge in [0.2, 0.25) is 5.91 Å². The molecule has 3 aromatic rings. The standard InChI is InChI=1S/C20H16FN3O2S/c21-16-9-7-15(8-10-16)18-13-23-20(26-18)27-14-19(25)24(12-4-11-22)17-5-2-1-3-6-17/h1-3,5-10,13H,4,12,14H2. The molecule has 0 aliphatic heterocycles. The number of hydrogen-bond acceptors (Lipinski definition) is 5. The Kier molecular flexibility index (Phi) is 6.23. The molecule has 0 radical (unpaired) electrons. The number of nitrogens with zero attached hydrogens (tertiary/aromatic N) is 3. The molecule has 3 rings (SSSR count). The summed E-state index contributed by atoms with van der Waals surface area (Å²) in [6, 6.07) is 17.2. The van der Waals surface area contributed by atoms with E-state index < -0.39 is 0 Å². The molecule has 0 spiro atoms. The van der Waals surface area contributed by atoms with E-state index in [0.29, 0.717) is 23.1 Å². The molecule has 7 heteroatoms. The van der Waals surface area contributed by atoms with Crippen LogP contribution in [0.1, 0.15) is 6.42 Å². The molecule has 0 saturated heterocycles. The summed E-state index contributed by atoms with van der Waals surface area (Å²) >= 11 is 1.18. The van der Waals surface area contributed by atoms with Crippen molar-refractivity contribution in [3.05, 3.63) is 66.6 Å². The topological polar surface area (TPSA) is 70.1 Å². The average molecular weight is 381 g/mol. The van der Waals surface area contributed by atoms with Crippen LogP contribution in [-0.2, 0) is 4.79 Å². The molecule has 0 N–H and O–H groups in total. The number of nitriles is 1. The van der Waals surface area contributed by atoms with Crippen LogP contribution < -0.4 is 4.90 Å². The highest BCUT2D eigenvalue weighted by molar-refractivity contribution is 7.99. The van der Waals surface area contributed by atoms with Crippen LogP contribution in [0.15, 0.2) is 70.4 Å². The van der Waals surface area contributed by atoms with Crippen molar-refractivity contribution in [2.45, 2.75) is 11.6 Å². The molecule has 0 unspecified atom stereocenters. The number of rotatable bonds is 7. The molecule has 27 heavy (non-hydrogen) atoms. The number of carbonyl (C=O) groups is 1. The number of aromatic nitrogens is 1. The normalized spacial score (nSPS) is 10.4. The van der Waals surface area contributed by atoms with Gasteiger partial charge in [0, 0.05) is 17.8 Å². The highest BCUT2D eigenvalue weighted by atomic mass is 32.2. The Morgan fingerprint density at radius 3 is 2.63 bits per heavy atom. The van der Waals surface area contributed by atoms with Crippen molar-refractivity contribution in [1.29, 1.82) is 5.26 Å². The van der Waals surface area contributed by atoms with E-state index >= 15 is 0 Å². The molecular weight excluding hydrogens is 365 g/mol. The Bertz CT molecular complexity index is 936. The third-order valence-electron chi connectivity index (χ3n) is 3.75. The molecule has 0 atom stereocenters. The maximum atomic E-state index is 13.0. The molecule has 136 valence electrons. The summed E-state index contributed by atoms with van der Waals surface area (Å²) in [7, 11) is 0. The van der Waals surface area contributed by atoms with Gasteiger partial charge in [-0.25, -0.2) is 9.37 Å². The van der Waals surface area contributed by atoms with Crippen molar-refractivity contribution in [2.75, 3.05) is 17.2 Å². The van der Waals surface area contributed by atoms with E-state index in [1.165, 1.54) is 23.9 Å². The van der Waals surface area contributed by atoms with Crippen LogP contribution in [0.2, 0.25) is 0 Å². The minimum absolute atomic E-state index is 0.129. The number of oxazole rings is 1. The Balaban J connectivity index is 1.65. The second-order valence-electron chi connectivity index (χ2n) is 5.58. The average Bonchev–Trinajstić information content (AvgIpc) is 3.17. The van der Waals surface area contributed by atoms with Crippen molar-refractivity contribution < 1.29 is 13.6 Å². The molecule has 0 fully saturated rings. The summed E-state index contributed by atoms with van der Waals surface area (Å²) in [6.07, 6.45) is 1.80. The van der Waals surface area contributed by atoms with Crippen LogP contribution in [0.5, 0.6) is 0 Å². The van der Waals surface area contributed by atoms with Gasteiger partial charge in [-0.2, -0.15) is 5.26 Å². The maximum Gasteiger partial charge on any atom is 0.256 e. The van der Waals surface area contributed by atoms with E-state index in [2.05, 4.69) is 11.1 Å². The van der Waals surface area contributed by atoms with E-state index in [1.807, 2.05) is 30.3 Å². The van der Waals surface area contributed by atoms with Crippen LogP contribution in [0.3, 0.4) is 0 Å². The van der Waals surface area contributed by atoms with Gasteiger partial charge >= 0.3 is 0 Å². The Morgan fingerprint density at radius 2 is 1.93 bits per heavy atom. The van der Waals surface area contributed by atoms with Gasteiger partial charge in [-0.1, -0.05) is 30.0 Å². The summed E-state index contributed by atoms with van der Waals surface area (Å²) in [5.41, 5.74) is 1.46. The minimum atomic E-state index is -0.322. The molecule has 5 nitrogen and oxygen atoms in total. The smallest absolute Gasteiger partial charge is 0.256 e. The molecule has 0 aliphatic carbocycles. The molecule has 1 amide bonds. The predicted molar refractivity (Wildman–Crippen MR) is 102 cm³/mol. The first-order chi connectivity index (χ1) is 13.2. The van der Waals surface area contributed by atoms with Crippen LogP contribution in [-0.4, -0.2) is 23.2 Å². The zero-order chi connectivity index (χ0) is 19.1. The summed E-state index contributed by atoms with van der Waals surface area (Å²) < 4.78 is 18.6. The van der Waals surface area contributed by atoms with E-state index in [0.717, 1.165) is 5.69 Å². The quantitative estimate of drug-likeness (QED) is 0.563. The maximum absolute atomic E-state index is 13.0. The zero-order valence-corrected chi connectivity index (χ0v) is 15.2. The number of halogens is 1. The summed E-state index contributed by atoms with van der Waals surface area (Å²) in [4.78, 5) is 18.4. The molecule has 1 aromatic heterocycles. The predicted octanol–water partition coefficient (Wildman–Crippen LogP) is 4.52. The Labute approximate surface area is 160 Å². The SMILES string of the molecule is N#CCCN(C(=O)CSc1ncc(-c2ccc(F)cc2)o1)c1ccccc1. The number of anilines is 1. The van der Waals surface area contributed by atoms with Crippen LogP contribution in [0, 0.1) is 17.1 Å². The lowest BCUT2D eigenvalue weighted by Crippen LogP contribution is -2.33. The third-order valence-corrected chi connectivity index (χ3v) is 4.58. The lowest BCUT2D eigenvalue weighted by Gasteiger charge is -2.21. The number of carbonyl (C=O) groups excluding carboxylic acids is 1. The fraction of sp³-hybridized carbons (Fsp3) is 0.150. The lowest BCUT2D eigenvalue weighted by atomic mass is 10.2. The van der Waals surface area contributed by atoms with Gasteiger partial charge in [-0.3, -0.25) is 4.79 Å². The molecule has 0 saturated carbocycles. The van der Waals surface area contributed by atoms with Gasteiger partial charge in [-0.05, 0) is 36.4 Å². The second kappa shape index (κ2) is 9.01. The highest BCUT2D eigenvalue weighted by Crippen LogP contribution is 2.26. The van der Waals surface area contributed by atoms with Crippen molar-refractivity contribution in [3.63, 3.8) is 0 Å². The lowest BCUT2D eigenvalue weighted by molar-refractivity contribution is -0.116.